The van der Waals surface area contributed by atoms with Gasteiger partial charge in [-0.3, -0.25) is 0 Å². The number of hydrogen-bond acceptors (Lipinski definition) is 6. The first-order valence-electron chi connectivity index (χ1n) is 7.89. The van der Waals surface area contributed by atoms with E-state index in [0.717, 1.165) is 35.5 Å². The number of hydrogen-bond donors (Lipinski definition) is 2. The van der Waals surface area contributed by atoms with Gasteiger partial charge in [0, 0.05) is 31.4 Å². The quantitative estimate of drug-likeness (QED) is 0.836. The van der Waals surface area contributed by atoms with Gasteiger partial charge in [-0.1, -0.05) is 12.1 Å². The predicted octanol–water partition coefficient (Wildman–Crippen LogP) is 1.39. The van der Waals surface area contributed by atoms with Gasteiger partial charge in [-0.2, -0.15) is 0 Å². The number of carbonyl (C=O) groups is 1. The van der Waals surface area contributed by atoms with Crippen LogP contribution in [0.3, 0.4) is 0 Å². The normalized spacial score (nSPS) is 14.8. The van der Waals surface area contributed by atoms with Gasteiger partial charge in [0.25, 0.3) is 0 Å². The van der Waals surface area contributed by atoms with Crippen LogP contribution in [0.4, 0.5) is 10.6 Å². The second-order valence-corrected chi connectivity index (χ2v) is 5.43. The van der Waals surface area contributed by atoms with Gasteiger partial charge < -0.3 is 20.7 Å². The molecule has 1 aliphatic heterocycles. The number of nitrogens with one attached hydrogen (secondary N) is 1. The third-order valence-electron chi connectivity index (χ3n) is 3.75. The molecule has 0 aliphatic carbocycles. The second kappa shape index (κ2) is 7.23. The number of anilines is 1. The van der Waals surface area contributed by atoms with Crippen LogP contribution in [0.25, 0.3) is 10.9 Å². The Morgan fingerprint density at radius 1 is 1.30 bits per heavy atom. The molecule has 2 aromatic rings. The molecule has 0 radical (unpaired) electrons. The Labute approximate surface area is 134 Å². The van der Waals surface area contributed by atoms with E-state index in [1.165, 1.54) is 0 Å². The van der Waals surface area contributed by atoms with E-state index in [9.17, 15) is 4.79 Å². The fourth-order valence-corrected chi connectivity index (χ4v) is 2.61. The molecule has 3 rings (SSSR count). The molecule has 0 saturated carbocycles. The number of amides is 1. The van der Waals surface area contributed by atoms with E-state index in [1.54, 1.807) is 4.90 Å². The summed E-state index contributed by atoms with van der Waals surface area (Å²) >= 11 is 0. The van der Waals surface area contributed by atoms with Crippen molar-refractivity contribution in [3.63, 3.8) is 0 Å². The summed E-state index contributed by atoms with van der Waals surface area (Å²) in [6.45, 7) is 2.96. The van der Waals surface area contributed by atoms with E-state index in [2.05, 4.69) is 15.3 Å². The first-order valence-corrected chi connectivity index (χ1v) is 7.89. The molecule has 7 nitrogen and oxygen atoms in total. The molecule has 23 heavy (non-hydrogen) atoms. The van der Waals surface area contributed by atoms with Crippen LogP contribution < -0.4 is 11.1 Å². The SMILES string of the molecule is NCCc1nc(NCCN2CCCOC2=O)c2ccccc2n1. The van der Waals surface area contributed by atoms with Crippen molar-refractivity contribution < 1.29 is 9.53 Å². The number of aromatic nitrogens is 2. The molecule has 1 aromatic carbocycles. The van der Waals surface area contributed by atoms with Gasteiger partial charge >= 0.3 is 6.09 Å². The van der Waals surface area contributed by atoms with E-state index in [-0.39, 0.29) is 6.09 Å². The number of carbonyl (C=O) groups excluding carboxylic acids is 1. The van der Waals surface area contributed by atoms with Crippen molar-refractivity contribution in [2.24, 2.45) is 5.73 Å². The first-order chi connectivity index (χ1) is 11.3. The minimum atomic E-state index is -0.241. The molecule has 1 aliphatic rings. The van der Waals surface area contributed by atoms with Crippen LogP contribution >= 0.6 is 0 Å². The molecule has 0 atom stereocenters. The zero-order chi connectivity index (χ0) is 16.1. The molecule has 1 aromatic heterocycles. The standard InChI is InChI=1S/C16H21N5O2/c17-7-6-14-19-13-5-2-1-4-12(13)15(20-14)18-8-10-21-9-3-11-23-16(21)22/h1-2,4-5H,3,6-11,17H2,(H,18,19,20). The number of rotatable bonds is 6. The summed E-state index contributed by atoms with van der Waals surface area (Å²) in [7, 11) is 0. The highest BCUT2D eigenvalue weighted by atomic mass is 16.6. The van der Waals surface area contributed by atoms with Crippen molar-refractivity contribution in [2.75, 3.05) is 38.1 Å². The van der Waals surface area contributed by atoms with Crippen LogP contribution in [0, 0.1) is 0 Å². The van der Waals surface area contributed by atoms with E-state index in [0.29, 0.717) is 32.7 Å². The molecule has 7 heteroatoms. The van der Waals surface area contributed by atoms with Crippen LogP contribution in [0.1, 0.15) is 12.2 Å². The predicted molar refractivity (Wildman–Crippen MR) is 88.3 cm³/mol. The van der Waals surface area contributed by atoms with Crippen molar-refractivity contribution in [3.05, 3.63) is 30.1 Å². The van der Waals surface area contributed by atoms with Crippen molar-refractivity contribution in [1.82, 2.24) is 14.9 Å². The lowest BCUT2D eigenvalue weighted by Gasteiger charge is -2.26. The Morgan fingerprint density at radius 3 is 3.00 bits per heavy atom. The molecule has 0 unspecified atom stereocenters. The molecule has 3 N–H and O–H groups in total. The molecule has 1 saturated heterocycles. The average molecular weight is 315 g/mol. The average Bonchev–Trinajstić information content (AvgIpc) is 2.57. The summed E-state index contributed by atoms with van der Waals surface area (Å²) in [6, 6.07) is 7.86. The number of cyclic esters (lactones) is 1. The lowest BCUT2D eigenvalue weighted by molar-refractivity contribution is 0.0746. The molecular weight excluding hydrogens is 294 g/mol. The monoisotopic (exact) mass is 315 g/mol. The van der Waals surface area contributed by atoms with Crippen molar-refractivity contribution >= 4 is 22.8 Å². The van der Waals surface area contributed by atoms with Gasteiger partial charge in [-0.15, -0.1) is 0 Å². The maximum absolute atomic E-state index is 11.6. The minimum Gasteiger partial charge on any atom is -0.449 e. The Hall–Kier alpha value is -2.41. The number of ether oxygens (including phenoxy) is 1. The van der Waals surface area contributed by atoms with Gasteiger partial charge in [-0.25, -0.2) is 14.8 Å². The molecule has 122 valence electrons. The molecule has 0 bridgehead atoms. The second-order valence-electron chi connectivity index (χ2n) is 5.43. The molecule has 1 amide bonds. The summed E-state index contributed by atoms with van der Waals surface area (Å²) in [5.74, 6) is 1.51. The third-order valence-corrected chi connectivity index (χ3v) is 3.75. The van der Waals surface area contributed by atoms with Crippen LogP contribution in [0.15, 0.2) is 24.3 Å². The molecule has 0 spiro atoms. The van der Waals surface area contributed by atoms with Gasteiger partial charge in [0.05, 0.1) is 12.1 Å². The van der Waals surface area contributed by atoms with Gasteiger partial charge in [-0.05, 0) is 25.1 Å². The first kappa shape index (κ1) is 15.5. The lowest BCUT2D eigenvalue weighted by Crippen LogP contribution is -2.40. The van der Waals surface area contributed by atoms with Crippen molar-refractivity contribution in [3.8, 4) is 0 Å². The topological polar surface area (TPSA) is 93.4 Å². The molecule has 2 heterocycles. The van der Waals surface area contributed by atoms with Crippen LogP contribution in [0.2, 0.25) is 0 Å². The summed E-state index contributed by atoms with van der Waals surface area (Å²) < 4.78 is 5.03. The van der Waals surface area contributed by atoms with Crippen LogP contribution in [-0.2, 0) is 11.2 Å². The lowest BCUT2D eigenvalue weighted by atomic mass is 10.2. The van der Waals surface area contributed by atoms with Gasteiger partial charge in [0.15, 0.2) is 0 Å². The zero-order valence-electron chi connectivity index (χ0n) is 13.0. The Balaban J connectivity index is 1.72. The largest absolute Gasteiger partial charge is 0.449 e. The third kappa shape index (κ3) is 3.68. The number of nitrogens with two attached hydrogens (primary N) is 1. The van der Waals surface area contributed by atoms with E-state index < -0.39 is 0 Å². The van der Waals surface area contributed by atoms with Crippen LogP contribution in [-0.4, -0.2) is 53.7 Å². The fraction of sp³-hybridized carbons (Fsp3) is 0.438. The highest BCUT2D eigenvalue weighted by Crippen LogP contribution is 2.20. The highest BCUT2D eigenvalue weighted by Gasteiger charge is 2.18. The summed E-state index contributed by atoms with van der Waals surface area (Å²) in [5.41, 5.74) is 6.50. The zero-order valence-corrected chi connectivity index (χ0v) is 13.0. The number of fused-ring (bicyclic) bond motifs is 1. The number of para-hydroxylation sites is 1. The van der Waals surface area contributed by atoms with E-state index in [1.807, 2.05) is 24.3 Å². The number of nitrogens with zero attached hydrogens (tertiary/aromatic N) is 3. The van der Waals surface area contributed by atoms with E-state index >= 15 is 0 Å². The molecular formula is C16H21N5O2. The van der Waals surface area contributed by atoms with Crippen molar-refractivity contribution in [2.45, 2.75) is 12.8 Å². The Morgan fingerprint density at radius 2 is 2.17 bits per heavy atom. The van der Waals surface area contributed by atoms with Crippen LogP contribution in [0.5, 0.6) is 0 Å². The maximum Gasteiger partial charge on any atom is 0.409 e. The van der Waals surface area contributed by atoms with E-state index in [4.69, 9.17) is 10.5 Å². The highest BCUT2D eigenvalue weighted by molar-refractivity contribution is 5.89. The summed E-state index contributed by atoms with van der Waals surface area (Å²) in [5, 5.41) is 4.28. The minimum absolute atomic E-state index is 0.241. The Bertz CT molecular complexity index is 691. The van der Waals surface area contributed by atoms with Gasteiger partial charge in [0.1, 0.15) is 11.6 Å². The number of benzene rings is 1. The maximum atomic E-state index is 11.6. The Kier molecular flexibility index (Phi) is 4.87. The van der Waals surface area contributed by atoms with Crippen molar-refractivity contribution in [1.29, 1.82) is 0 Å². The van der Waals surface area contributed by atoms with Gasteiger partial charge in [0.2, 0.25) is 0 Å². The summed E-state index contributed by atoms with van der Waals surface area (Å²) in [6.07, 6.45) is 1.27. The summed E-state index contributed by atoms with van der Waals surface area (Å²) in [4.78, 5) is 22.4. The fourth-order valence-electron chi connectivity index (χ4n) is 2.61. The smallest absolute Gasteiger partial charge is 0.409 e. The molecule has 1 fully saturated rings.